The Balaban J connectivity index is 2.56. The Morgan fingerprint density at radius 3 is 2.39 bits per heavy atom. The number of rotatable bonds is 2. The van der Waals surface area contributed by atoms with Gasteiger partial charge in [-0.25, -0.2) is 4.39 Å². The molecule has 96 valence electrons. The fourth-order valence-electron chi connectivity index (χ4n) is 1.71. The van der Waals surface area contributed by atoms with Gasteiger partial charge in [-0.15, -0.1) is 11.3 Å². The molecule has 0 bridgehead atoms. The molecule has 1 heterocycles. The van der Waals surface area contributed by atoms with Crippen LogP contribution < -0.4 is 5.73 Å². The Morgan fingerprint density at radius 1 is 1.11 bits per heavy atom. The highest BCUT2D eigenvalue weighted by molar-refractivity contribution is 7.10. The zero-order valence-corrected chi connectivity index (χ0v) is 9.86. The molecule has 2 aromatic rings. The zero-order valence-electron chi connectivity index (χ0n) is 9.04. The molecule has 2 N–H and O–H groups in total. The summed E-state index contributed by atoms with van der Waals surface area (Å²) in [6, 6.07) is 4.99. The van der Waals surface area contributed by atoms with Crippen LogP contribution in [0.1, 0.15) is 22.0 Å². The van der Waals surface area contributed by atoms with Gasteiger partial charge < -0.3 is 5.73 Å². The molecule has 1 atom stereocenters. The first-order chi connectivity index (χ1) is 8.41. The second-order valence-electron chi connectivity index (χ2n) is 3.69. The summed E-state index contributed by atoms with van der Waals surface area (Å²) in [7, 11) is 0. The van der Waals surface area contributed by atoms with Crippen LogP contribution in [0.2, 0.25) is 0 Å². The maximum atomic E-state index is 13.6. The van der Waals surface area contributed by atoms with Gasteiger partial charge in [0.05, 0.1) is 11.6 Å². The maximum Gasteiger partial charge on any atom is 0.416 e. The summed E-state index contributed by atoms with van der Waals surface area (Å²) in [5.74, 6) is -0.939. The fraction of sp³-hybridized carbons (Fsp3) is 0.167. The predicted molar refractivity (Wildman–Crippen MR) is 61.8 cm³/mol. The molecular formula is C12H9F4NS. The van der Waals surface area contributed by atoms with E-state index in [-0.39, 0.29) is 0 Å². The van der Waals surface area contributed by atoms with Crippen molar-refractivity contribution < 1.29 is 17.6 Å². The molecule has 2 rings (SSSR count). The Bertz CT molecular complexity index is 534. The normalized spacial score (nSPS) is 13.6. The highest BCUT2D eigenvalue weighted by Crippen LogP contribution is 2.37. The molecule has 1 aromatic carbocycles. The largest absolute Gasteiger partial charge is 0.416 e. The molecule has 6 heteroatoms. The van der Waals surface area contributed by atoms with Crippen LogP contribution >= 0.6 is 11.3 Å². The van der Waals surface area contributed by atoms with E-state index in [1.165, 1.54) is 11.3 Å². The van der Waals surface area contributed by atoms with Crippen LogP contribution in [-0.2, 0) is 6.18 Å². The number of halogens is 4. The van der Waals surface area contributed by atoms with E-state index in [0.29, 0.717) is 4.88 Å². The van der Waals surface area contributed by atoms with Crippen molar-refractivity contribution in [2.45, 2.75) is 12.2 Å². The molecule has 1 nitrogen and oxygen atoms in total. The molecule has 0 saturated carbocycles. The summed E-state index contributed by atoms with van der Waals surface area (Å²) in [5.41, 5.74) is 4.20. The lowest BCUT2D eigenvalue weighted by atomic mass is 9.98. The molecule has 18 heavy (non-hydrogen) atoms. The van der Waals surface area contributed by atoms with Crippen LogP contribution in [0.5, 0.6) is 0 Å². The Labute approximate surface area is 105 Å². The van der Waals surface area contributed by atoms with Crippen molar-refractivity contribution >= 4 is 11.3 Å². The van der Waals surface area contributed by atoms with Crippen molar-refractivity contribution in [2.75, 3.05) is 0 Å². The van der Waals surface area contributed by atoms with E-state index in [0.717, 1.165) is 18.2 Å². The number of thiophene rings is 1. The summed E-state index contributed by atoms with van der Waals surface area (Å²) in [5, 5.41) is 1.68. The van der Waals surface area contributed by atoms with Crippen LogP contribution in [0, 0.1) is 5.82 Å². The van der Waals surface area contributed by atoms with Gasteiger partial charge in [0, 0.05) is 10.4 Å². The van der Waals surface area contributed by atoms with E-state index in [1.54, 1.807) is 17.5 Å². The molecule has 0 radical (unpaired) electrons. The highest BCUT2D eigenvalue weighted by Gasteiger charge is 2.36. The van der Waals surface area contributed by atoms with Crippen LogP contribution in [0.4, 0.5) is 17.6 Å². The molecule has 0 saturated heterocycles. The first kappa shape index (κ1) is 13.0. The summed E-state index contributed by atoms with van der Waals surface area (Å²) >= 11 is 1.19. The minimum atomic E-state index is -4.62. The second-order valence-corrected chi connectivity index (χ2v) is 4.67. The van der Waals surface area contributed by atoms with Crippen molar-refractivity contribution in [3.8, 4) is 0 Å². The second kappa shape index (κ2) is 4.70. The first-order valence-electron chi connectivity index (χ1n) is 5.06. The molecule has 1 aromatic heterocycles. The number of hydrogen-bond acceptors (Lipinski definition) is 2. The van der Waals surface area contributed by atoms with Crippen molar-refractivity contribution in [1.82, 2.24) is 0 Å². The minimum absolute atomic E-state index is 0.491. The monoisotopic (exact) mass is 275 g/mol. The lowest BCUT2D eigenvalue weighted by molar-refractivity contribution is -0.138. The Hall–Kier alpha value is -1.40. The summed E-state index contributed by atoms with van der Waals surface area (Å²) in [4.78, 5) is 0.491. The highest BCUT2D eigenvalue weighted by atomic mass is 32.1. The molecule has 0 unspecified atom stereocenters. The van der Waals surface area contributed by atoms with Gasteiger partial charge >= 0.3 is 6.18 Å². The third-order valence-corrected chi connectivity index (χ3v) is 3.47. The molecule has 0 amide bonds. The van der Waals surface area contributed by atoms with Crippen molar-refractivity contribution in [3.05, 3.63) is 57.5 Å². The van der Waals surface area contributed by atoms with Gasteiger partial charge in [0.1, 0.15) is 5.82 Å². The van der Waals surface area contributed by atoms with Gasteiger partial charge in [-0.05, 0) is 23.6 Å². The Morgan fingerprint density at radius 2 is 1.83 bits per heavy atom. The van der Waals surface area contributed by atoms with Crippen molar-refractivity contribution in [3.63, 3.8) is 0 Å². The minimum Gasteiger partial charge on any atom is -0.320 e. The van der Waals surface area contributed by atoms with E-state index >= 15 is 0 Å². The number of nitrogens with two attached hydrogens (primary N) is 1. The summed E-state index contributed by atoms with van der Waals surface area (Å²) in [6.45, 7) is 0. The van der Waals surface area contributed by atoms with Gasteiger partial charge in [0.25, 0.3) is 0 Å². The van der Waals surface area contributed by atoms with Gasteiger partial charge in [-0.3, -0.25) is 0 Å². The maximum absolute atomic E-state index is 13.6. The SMILES string of the molecule is N[C@H](c1cccs1)c1c(F)cccc1C(F)(F)F. The average molecular weight is 275 g/mol. The van der Waals surface area contributed by atoms with E-state index in [2.05, 4.69) is 0 Å². The molecule has 0 spiro atoms. The lowest BCUT2D eigenvalue weighted by Crippen LogP contribution is -2.19. The number of hydrogen-bond donors (Lipinski definition) is 1. The Kier molecular flexibility index (Phi) is 3.41. The topological polar surface area (TPSA) is 26.0 Å². The van der Waals surface area contributed by atoms with Crippen molar-refractivity contribution in [2.24, 2.45) is 5.73 Å². The number of alkyl halides is 3. The molecule has 0 aliphatic heterocycles. The molecular weight excluding hydrogens is 266 g/mol. The third-order valence-electron chi connectivity index (χ3n) is 2.52. The van der Waals surface area contributed by atoms with Crippen molar-refractivity contribution in [1.29, 1.82) is 0 Å². The summed E-state index contributed by atoms with van der Waals surface area (Å²) in [6.07, 6.45) is -4.62. The molecule has 0 aliphatic carbocycles. The average Bonchev–Trinajstić information content (AvgIpc) is 2.80. The van der Waals surface area contributed by atoms with Gasteiger partial charge in [-0.1, -0.05) is 12.1 Å². The smallest absolute Gasteiger partial charge is 0.320 e. The van der Waals surface area contributed by atoms with E-state index in [4.69, 9.17) is 5.73 Å². The quantitative estimate of drug-likeness (QED) is 0.825. The van der Waals surface area contributed by atoms with Crippen LogP contribution in [0.25, 0.3) is 0 Å². The van der Waals surface area contributed by atoms with E-state index in [1.807, 2.05) is 0 Å². The van der Waals surface area contributed by atoms with E-state index < -0.39 is 29.2 Å². The van der Waals surface area contributed by atoms with Gasteiger partial charge in [-0.2, -0.15) is 13.2 Å². The number of benzene rings is 1. The third kappa shape index (κ3) is 2.39. The first-order valence-corrected chi connectivity index (χ1v) is 5.94. The van der Waals surface area contributed by atoms with Gasteiger partial charge in [0.2, 0.25) is 0 Å². The lowest BCUT2D eigenvalue weighted by Gasteiger charge is -2.18. The van der Waals surface area contributed by atoms with Crippen LogP contribution in [0.3, 0.4) is 0 Å². The fourth-order valence-corrected chi connectivity index (χ4v) is 2.45. The van der Waals surface area contributed by atoms with Gasteiger partial charge in [0.15, 0.2) is 0 Å². The molecule has 0 fully saturated rings. The zero-order chi connectivity index (χ0) is 13.3. The summed E-state index contributed by atoms with van der Waals surface area (Å²) < 4.78 is 52.1. The van der Waals surface area contributed by atoms with Crippen LogP contribution in [0.15, 0.2) is 35.7 Å². The predicted octanol–water partition coefficient (Wildman–Crippen LogP) is 3.95. The van der Waals surface area contributed by atoms with Crippen LogP contribution in [-0.4, -0.2) is 0 Å². The standard InChI is InChI=1S/C12H9F4NS/c13-8-4-1-3-7(12(14,15)16)10(8)11(17)9-5-2-6-18-9/h1-6,11H,17H2/t11-/m1/s1. The van der Waals surface area contributed by atoms with E-state index in [9.17, 15) is 17.6 Å². The molecule has 0 aliphatic rings.